The molecule has 0 heterocycles. The Morgan fingerprint density at radius 1 is 0.826 bits per heavy atom. The number of anilines is 2. The van der Waals surface area contributed by atoms with Gasteiger partial charge in [-0.2, -0.15) is 0 Å². The first-order chi connectivity index (χ1) is 11.1. The van der Waals surface area contributed by atoms with Crippen molar-refractivity contribution in [3.63, 3.8) is 0 Å². The molecule has 0 aromatic heterocycles. The van der Waals surface area contributed by atoms with Gasteiger partial charge < -0.3 is 15.4 Å². The monoisotopic (exact) mass is 312 g/mol. The predicted octanol–water partition coefficient (Wildman–Crippen LogP) is 3.22. The van der Waals surface area contributed by atoms with Crippen LogP contribution >= 0.6 is 0 Å². The fraction of sp³-hybridized carbons (Fsp3) is 0.222. The summed E-state index contributed by atoms with van der Waals surface area (Å²) in [6.07, 6.45) is 0.923. The zero-order valence-corrected chi connectivity index (χ0v) is 13.3. The van der Waals surface area contributed by atoms with Gasteiger partial charge in [-0.3, -0.25) is 9.59 Å². The summed E-state index contributed by atoms with van der Waals surface area (Å²) < 4.78 is 5.32. The van der Waals surface area contributed by atoms with Gasteiger partial charge in [0.15, 0.2) is 0 Å². The molecule has 2 amide bonds. The van der Waals surface area contributed by atoms with Crippen LogP contribution in [0.2, 0.25) is 0 Å². The molecule has 0 aliphatic carbocycles. The van der Waals surface area contributed by atoms with Crippen LogP contribution in [-0.4, -0.2) is 18.4 Å². The summed E-state index contributed by atoms with van der Waals surface area (Å²) in [6, 6.07) is 14.2. The van der Waals surface area contributed by atoms with Gasteiger partial charge in [0.1, 0.15) is 5.75 Å². The van der Waals surface area contributed by atoms with E-state index in [-0.39, 0.29) is 0 Å². The van der Waals surface area contributed by atoms with E-state index in [0.29, 0.717) is 23.7 Å². The molecule has 2 rings (SSSR count). The van der Waals surface area contributed by atoms with E-state index in [2.05, 4.69) is 17.6 Å². The number of aryl methyl sites for hydroxylation is 1. The Bertz CT molecular complexity index is 664. The fourth-order valence-corrected chi connectivity index (χ4v) is 2.00. The maximum atomic E-state index is 11.9. The first-order valence-electron chi connectivity index (χ1n) is 7.56. The number of benzene rings is 2. The van der Waals surface area contributed by atoms with Crippen molar-refractivity contribution in [1.82, 2.24) is 0 Å². The number of amides is 2. The van der Waals surface area contributed by atoms with Crippen molar-refractivity contribution < 1.29 is 14.3 Å². The highest BCUT2D eigenvalue weighted by molar-refractivity contribution is 6.43. The molecular weight excluding hydrogens is 292 g/mol. The van der Waals surface area contributed by atoms with Gasteiger partial charge in [0.05, 0.1) is 6.61 Å². The van der Waals surface area contributed by atoms with E-state index in [1.54, 1.807) is 36.4 Å². The van der Waals surface area contributed by atoms with Gasteiger partial charge in [-0.25, -0.2) is 0 Å². The number of carbonyl (C=O) groups is 2. The average molecular weight is 312 g/mol. The van der Waals surface area contributed by atoms with Gasteiger partial charge >= 0.3 is 11.8 Å². The first-order valence-corrected chi connectivity index (χ1v) is 7.56. The maximum absolute atomic E-state index is 11.9. The molecule has 5 nitrogen and oxygen atoms in total. The van der Waals surface area contributed by atoms with Crippen LogP contribution in [0.4, 0.5) is 11.4 Å². The Balaban J connectivity index is 1.92. The van der Waals surface area contributed by atoms with E-state index in [0.717, 1.165) is 6.42 Å². The van der Waals surface area contributed by atoms with Crippen LogP contribution in [0.3, 0.4) is 0 Å². The van der Waals surface area contributed by atoms with E-state index < -0.39 is 11.8 Å². The molecule has 2 N–H and O–H groups in total. The predicted molar refractivity (Wildman–Crippen MR) is 90.7 cm³/mol. The molecule has 0 unspecified atom stereocenters. The summed E-state index contributed by atoms with van der Waals surface area (Å²) >= 11 is 0. The molecule has 0 aliphatic rings. The van der Waals surface area contributed by atoms with Crippen LogP contribution in [0.15, 0.2) is 48.5 Å². The Hall–Kier alpha value is -2.82. The molecule has 0 fully saturated rings. The molecule has 0 bridgehead atoms. The van der Waals surface area contributed by atoms with E-state index in [9.17, 15) is 9.59 Å². The lowest BCUT2D eigenvalue weighted by atomic mass is 10.1. The second kappa shape index (κ2) is 7.98. The number of rotatable bonds is 5. The number of hydrogen-bond acceptors (Lipinski definition) is 3. The minimum absolute atomic E-state index is 0.537. The van der Waals surface area contributed by atoms with Crippen LogP contribution in [0, 0.1) is 0 Å². The maximum Gasteiger partial charge on any atom is 0.314 e. The standard InChI is InChI=1S/C18H20N2O3/c1-3-13-5-7-14(8-6-13)19-17(21)18(22)20-15-9-11-16(12-10-15)23-4-2/h5-12H,3-4H2,1-2H3,(H,19,21)(H,20,22). The third-order valence-electron chi connectivity index (χ3n) is 3.25. The number of hydrogen-bond donors (Lipinski definition) is 2. The molecule has 0 aliphatic heterocycles. The second-order valence-corrected chi connectivity index (χ2v) is 4.92. The quantitative estimate of drug-likeness (QED) is 0.833. The SMILES string of the molecule is CCOc1ccc(NC(=O)C(=O)Nc2ccc(CC)cc2)cc1. The van der Waals surface area contributed by atoms with Crippen molar-refractivity contribution in [3.05, 3.63) is 54.1 Å². The topological polar surface area (TPSA) is 67.4 Å². The summed E-state index contributed by atoms with van der Waals surface area (Å²) in [5.74, 6) is -0.706. The normalized spacial score (nSPS) is 10.0. The van der Waals surface area contributed by atoms with Crippen molar-refractivity contribution in [2.45, 2.75) is 20.3 Å². The molecule has 2 aromatic rings. The van der Waals surface area contributed by atoms with Crippen molar-refractivity contribution in [3.8, 4) is 5.75 Å². The molecule has 0 spiro atoms. The fourth-order valence-electron chi connectivity index (χ4n) is 2.00. The lowest BCUT2D eigenvalue weighted by molar-refractivity contribution is -0.132. The largest absolute Gasteiger partial charge is 0.494 e. The Labute approximate surface area is 135 Å². The summed E-state index contributed by atoms with van der Waals surface area (Å²) in [5, 5.41) is 5.12. The van der Waals surface area contributed by atoms with Crippen molar-refractivity contribution in [2.75, 3.05) is 17.2 Å². The number of ether oxygens (including phenoxy) is 1. The van der Waals surface area contributed by atoms with Gasteiger partial charge in [0.2, 0.25) is 0 Å². The van der Waals surface area contributed by atoms with Gasteiger partial charge in [0.25, 0.3) is 0 Å². The highest BCUT2D eigenvalue weighted by atomic mass is 16.5. The number of carbonyl (C=O) groups excluding carboxylic acids is 2. The molecule has 120 valence electrons. The molecule has 0 atom stereocenters. The zero-order valence-electron chi connectivity index (χ0n) is 13.3. The van der Waals surface area contributed by atoms with E-state index in [1.807, 2.05) is 19.1 Å². The van der Waals surface area contributed by atoms with Gasteiger partial charge in [-0.05, 0) is 55.3 Å². The third-order valence-corrected chi connectivity index (χ3v) is 3.25. The smallest absolute Gasteiger partial charge is 0.314 e. The lowest BCUT2D eigenvalue weighted by Gasteiger charge is -2.08. The Kier molecular flexibility index (Phi) is 5.74. The van der Waals surface area contributed by atoms with Gasteiger partial charge in [-0.1, -0.05) is 19.1 Å². The van der Waals surface area contributed by atoms with Crippen LogP contribution < -0.4 is 15.4 Å². The van der Waals surface area contributed by atoms with Gasteiger partial charge in [0, 0.05) is 11.4 Å². The van der Waals surface area contributed by atoms with Crippen LogP contribution in [-0.2, 0) is 16.0 Å². The van der Waals surface area contributed by atoms with Crippen LogP contribution in [0.25, 0.3) is 0 Å². The average Bonchev–Trinajstić information content (AvgIpc) is 2.57. The summed E-state index contributed by atoms with van der Waals surface area (Å²) in [4.78, 5) is 23.8. The Morgan fingerprint density at radius 3 is 1.74 bits per heavy atom. The lowest BCUT2D eigenvalue weighted by Crippen LogP contribution is -2.29. The molecule has 0 saturated carbocycles. The van der Waals surface area contributed by atoms with Crippen molar-refractivity contribution >= 4 is 23.2 Å². The highest BCUT2D eigenvalue weighted by Crippen LogP contribution is 2.16. The number of nitrogens with one attached hydrogen (secondary N) is 2. The molecule has 0 radical (unpaired) electrons. The van der Waals surface area contributed by atoms with E-state index in [1.165, 1.54) is 5.56 Å². The second-order valence-electron chi connectivity index (χ2n) is 4.92. The molecular formula is C18H20N2O3. The molecule has 0 saturated heterocycles. The Morgan fingerprint density at radius 2 is 1.30 bits per heavy atom. The van der Waals surface area contributed by atoms with Crippen LogP contribution in [0.1, 0.15) is 19.4 Å². The van der Waals surface area contributed by atoms with E-state index in [4.69, 9.17) is 4.74 Å². The molecule has 23 heavy (non-hydrogen) atoms. The molecule has 2 aromatic carbocycles. The minimum atomic E-state index is -0.714. The highest BCUT2D eigenvalue weighted by Gasteiger charge is 2.14. The van der Waals surface area contributed by atoms with Crippen LogP contribution in [0.5, 0.6) is 5.75 Å². The van der Waals surface area contributed by atoms with Crippen molar-refractivity contribution in [2.24, 2.45) is 0 Å². The third kappa shape index (κ3) is 4.85. The summed E-state index contributed by atoms with van der Waals surface area (Å²) in [7, 11) is 0. The summed E-state index contributed by atoms with van der Waals surface area (Å²) in [5.41, 5.74) is 2.30. The summed E-state index contributed by atoms with van der Waals surface area (Å²) in [6.45, 7) is 4.52. The minimum Gasteiger partial charge on any atom is -0.494 e. The van der Waals surface area contributed by atoms with Gasteiger partial charge in [-0.15, -0.1) is 0 Å². The van der Waals surface area contributed by atoms with E-state index >= 15 is 0 Å². The van der Waals surface area contributed by atoms with Crippen molar-refractivity contribution in [1.29, 1.82) is 0 Å². The molecule has 5 heteroatoms. The first kappa shape index (κ1) is 16.5. The zero-order chi connectivity index (χ0) is 16.7.